The zero-order valence-corrected chi connectivity index (χ0v) is 11.8. The van der Waals surface area contributed by atoms with Crippen molar-refractivity contribution >= 4 is 23.5 Å². The van der Waals surface area contributed by atoms with Crippen LogP contribution in [0.4, 0.5) is 0 Å². The summed E-state index contributed by atoms with van der Waals surface area (Å²) in [5.41, 5.74) is 5.93. The van der Waals surface area contributed by atoms with E-state index in [1.54, 1.807) is 17.6 Å². The first-order valence-electron chi connectivity index (χ1n) is 6.06. The average Bonchev–Trinajstić information content (AvgIpc) is 2.84. The van der Waals surface area contributed by atoms with Crippen molar-refractivity contribution in [3.8, 4) is 0 Å². The molecule has 0 unspecified atom stereocenters. The van der Waals surface area contributed by atoms with E-state index in [0.29, 0.717) is 6.42 Å². The van der Waals surface area contributed by atoms with Crippen LogP contribution in [0.25, 0.3) is 0 Å². The molecule has 1 aromatic heterocycles. The van der Waals surface area contributed by atoms with Crippen LogP contribution < -0.4 is 5.43 Å². The smallest absolute Gasteiger partial charge is 0.245 e. The number of amides is 1. The van der Waals surface area contributed by atoms with E-state index in [1.807, 2.05) is 36.6 Å². The van der Waals surface area contributed by atoms with Crippen molar-refractivity contribution in [3.05, 3.63) is 57.3 Å². The molecular weight excluding hydrogens is 256 g/mol. The van der Waals surface area contributed by atoms with E-state index in [-0.39, 0.29) is 5.91 Å². The van der Waals surface area contributed by atoms with E-state index in [1.165, 1.54) is 5.56 Å². The molecule has 0 radical (unpaired) electrons. The zero-order chi connectivity index (χ0) is 13.7. The van der Waals surface area contributed by atoms with Crippen molar-refractivity contribution in [1.29, 1.82) is 0 Å². The Morgan fingerprint density at radius 2 is 2.21 bits per heavy atom. The number of benzene rings is 1. The molecule has 1 heterocycles. The topological polar surface area (TPSA) is 41.5 Å². The second-order valence-electron chi connectivity index (χ2n) is 4.41. The highest BCUT2D eigenvalue weighted by atomic mass is 32.1. The minimum absolute atomic E-state index is 0.0940. The normalized spacial score (nSPS) is 10.8. The molecule has 1 N–H and O–H groups in total. The molecule has 98 valence electrons. The molecule has 2 rings (SSSR count). The SMILES string of the molecule is Cc1ccc(/C=N\NC(=O)Cc2cccs2)c(C)c1. The largest absolute Gasteiger partial charge is 0.273 e. The summed E-state index contributed by atoms with van der Waals surface area (Å²) in [4.78, 5) is 12.7. The van der Waals surface area contributed by atoms with Gasteiger partial charge in [0, 0.05) is 4.88 Å². The molecule has 4 heteroatoms. The van der Waals surface area contributed by atoms with E-state index >= 15 is 0 Å². The Bertz CT molecular complexity index is 588. The number of aryl methyl sites for hydroxylation is 2. The molecule has 0 aliphatic heterocycles. The summed E-state index contributed by atoms with van der Waals surface area (Å²) in [7, 11) is 0. The third kappa shape index (κ3) is 4.03. The molecule has 1 aromatic carbocycles. The Hall–Kier alpha value is -1.94. The van der Waals surface area contributed by atoms with E-state index < -0.39 is 0 Å². The minimum atomic E-state index is -0.0940. The lowest BCUT2D eigenvalue weighted by molar-refractivity contribution is -0.120. The Kier molecular flexibility index (Phi) is 4.47. The molecule has 19 heavy (non-hydrogen) atoms. The zero-order valence-electron chi connectivity index (χ0n) is 11.0. The van der Waals surface area contributed by atoms with Gasteiger partial charge in [-0.25, -0.2) is 5.43 Å². The van der Waals surface area contributed by atoms with Gasteiger partial charge < -0.3 is 0 Å². The average molecular weight is 272 g/mol. The van der Waals surface area contributed by atoms with Crippen LogP contribution in [0.2, 0.25) is 0 Å². The summed E-state index contributed by atoms with van der Waals surface area (Å²) in [6.45, 7) is 4.08. The van der Waals surface area contributed by atoms with E-state index in [2.05, 4.69) is 23.5 Å². The Balaban J connectivity index is 1.91. The summed E-state index contributed by atoms with van der Waals surface area (Å²) in [6, 6.07) is 10.0. The van der Waals surface area contributed by atoms with E-state index in [4.69, 9.17) is 0 Å². The maximum absolute atomic E-state index is 11.6. The summed E-state index contributed by atoms with van der Waals surface area (Å²) < 4.78 is 0. The third-order valence-corrected chi connectivity index (χ3v) is 3.61. The number of carbonyl (C=O) groups is 1. The fraction of sp³-hybridized carbons (Fsp3) is 0.200. The van der Waals surface area contributed by atoms with Gasteiger partial charge in [-0.05, 0) is 36.4 Å². The molecule has 2 aromatic rings. The van der Waals surface area contributed by atoms with Crippen molar-refractivity contribution < 1.29 is 4.79 Å². The number of hydrogen-bond donors (Lipinski definition) is 1. The van der Waals surface area contributed by atoms with Crippen molar-refractivity contribution in [3.63, 3.8) is 0 Å². The lowest BCUT2D eigenvalue weighted by atomic mass is 10.1. The number of carbonyl (C=O) groups excluding carboxylic acids is 1. The lowest BCUT2D eigenvalue weighted by Crippen LogP contribution is -2.19. The standard InChI is InChI=1S/C15H16N2OS/c1-11-5-6-13(12(2)8-11)10-16-17-15(18)9-14-4-3-7-19-14/h3-8,10H,9H2,1-2H3,(H,17,18)/b16-10-. The monoisotopic (exact) mass is 272 g/mol. The molecule has 0 saturated heterocycles. The van der Waals surface area contributed by atoms with Crippen LogP contribution in [-0.4, -0.2) is 12.1 Å². The fourth-order valence-corrected chi connectivity index (χ4v) is 2.46. The van der Waals surface area contributed by atoms with Crippen molar-refractivity contribution in [2.24, 2.45) is 5.10 Å². The summed E-state index contributed by atoms with van der Waals surface area (Å²) >= 11 is 1.57. The first-order chi connectivity index (χ1) is 9.15. The number of rotatable bonds is 4. The second kappa shape index (κ2) is 6.29. The van der Waals surface area contributed by atoms with Crippen LogP contribution in [-0.2, 0) is 11.2 Å². The molecule has 1 amide bonds. The van der Waals surface area contributed by atoms with E-state index in [0.717, 1.165) is 16.0 Å². The predicted octanol–water partition coefficient (Wildman–Crippen LogP) is 3.06. The molecule has 0 aliphatic carbocycles. The Morgan fingerprint density at radius 1 is 1.37 bits per heavy atom. The van der Waals surface area contributed by atoms with Gasteiger partial charge in [0.05, 0.1) is 12.6 Å². The van der Waals surface area contributed by atoms with Crippen molar-refractivity contribution in [1.82, 2.24) is 5.43 Å². The molecule has 3 nitrogen and oxygen atoms in total. The van der Waals surface area contributed by atoms with Crippen LogP contribution in [0.5, 0.6) is 0 Å². The van der Waals surface area contributed by atoms with Gasteiger partial charge >= 0.3 is 0 Å². The fourth-order valence-electron chi connectivity index (χ4n) is 1.76. The lowest BCUT2D eigenvalue weighted by Gasteiger charge is -2.01. The van der Waals surface area contributed by atoms with Crippen molar-refractivity contribution in [2.45, 2.75) is 20.3 Å². The van der Waals surface area contributed by atoms with Gasteiger partial charge in [0.15, 0.2) is 0 Å². The molecule has 0 fully saturated rings. The maximum atomic E-state index is 11.6. The number of thiophene rings is 1. The summed E-state index contributed by atoms with van der Waals surface area (Å²) in [6.07, 6.45) is 2.06. The predicted molar refractivity (Wildman–Crippen MR) is 79.7 cm³/mol. The van der Waals surface area contributed by atoms with Gasteiger partial charge in [-0.2, -0.15) is 5.10 Å². The highest BCUT2D eigenvalue weighted by Crippen LogP contribution is 2.09. The van der Waals surface area contributed by atoms with Gasteiger partial charge in [-0.15, -0.1) is 11.3 Å². The first-order valence-corrected chi connectivity index (χ1v) is 6.94. The van der Waals surface area contributed by atoms with Gasteiger partial charge in [-0.3, -0.25) is 4.79 Å². The van der Waals surface area contributed by atoms with Gasteiger partial charge in [0.1, 0.15) is 0 Å². The number of hydrazone groups is 1. The highest BCUT2D eigenvalue weighted by Gasteiger charge is 2.02. The number of hydrogen-bond acceptors (Lipinski definition) is 3. The van der Waals surface area contributed by atoms with Crippen molar-refractivity contribution in [2.75, 3.05) is 0 Å². The minimum Gasteiger partial charge on any atom is -0.273 e. The molecule has 0 bridgehead atoms. The maximum Gasteiger partial charge on any atom is 0.245 e. The first kappa shape index (κ1) is 13.5. The van der Waals surface area contributed by atoms with Crippen LogP contribution in [0, 0.1) is 13.8 Å². The van der Waals surface area contributed by atoms with Crippen LogP contribution >= 0.6 is 11.3 Å². The number of nitrogens with one attached hydrogen (secondary N) is 1. The van der Waals surface area contributed by atoms with Gasteiger partial charge in [0.25, 0.3) is 0 Å². The van der Waals surface area contributed by atoms with Crippen LogP contribution in [0.3, 0.4) is 0 Å². The van der Waals surface area contributed by atoms with Gasteiger partial charge in [-0.1, -0.05) is 29.8 Å². The quantitative estimate of drug-likeness (QED) is 0.674. The highest BCUT2D eigenvalue weighted by molar-refractivity contribution is 7.10. The molecular formula is C15H16N2OS. The summed E-state index contributed by atoms with van der Waals surface area (Å²) in [5.74, 6) is -0.0940. The Labute approximate surface area is 117 Å². The summed E-state index contributed by atoms with van der Waals surface area (Å²) in [5, 5.41) is 5.95. The van der Waals surface area contributed by atoms with Crippen LogP contribution in [0.1, 0.15) is 21.6 Å². The molecule has 0 spiro atoms. The van der Waals surface area contributed by atoms with Crippen LogP contribution in [0.15, 0.2) is 40.8 Å². The molecule has 0 saturated carbocycles. The Morgan fingerprint density at radius 3 is 2.89 bits per heavy atom. The van der Waals surface area contributed by atoms with Gasteiger partial charge in [0.2, 0.25) is 5.91 Å². The molecule has 0 aliphatic rings. The van der Waals surface area contributed by atoms with E-state index in [9.17, 15) is 4.79 Å². The number of nitrogens with zero attached hydrogens (tertiary/aromatic N) is 1. The third-order valence-electron chi connectivity index (χ3n) is 2.73. The second-order valence-corrected chi connectivity index (χ2v) is 5.44. The molecule has 0 atom stereocenters.